The van der Waals surface area contributed by atoms with Crippen LogP contribution >= 0.6 is 0 Å². The van der Waals surface area contributed by atoms with Gasteiger partial charge in [0.05, 0.1) is 18.7 Å². The van der Waals surface area contributed by atoms with Crippen LogP contribution in [0.25, 0.3) is 12.3 Å². The quantitative estimate of drug-likeness (QED) is 0.693. The number of aryl methyl sites for hydroxylation is 1. The highest BCUT2D eigenvalue weighted by Crippen LogP contribution is 2.53. The van der Waals surface area contributed by atoms with E-state index in [9.17, 15) is 6.21 Å². The molecule has 0 bridgehead atoms. The van der Waals surface area contributed by atoms with E-state index in [0.29, 0.717) is 12.5 Å². The Morgan fingerprint density at radius 3 is 2.71 bits per heavy atom. The van der Waals surface area contributed by atoms with E-state index < -0.39 is 17.0 Å². The Balaban J connectivity index is 2.47. The van der Waals surface area contributed by atoms with Crippen molar-refractivity contribution in [1.29, 1.82) is 1.43 Å². The number of rotatable bonds is 4. The highest BCUT2D eigenvalue weighted by molar-refractivity contribution is 5.90. The number of fused-ring (bicyclic) bond motifs is 3. The maximum absolute atomic E-state index is 12.3. The molecule has 2 heterocycles. The number of nitrogens with one attached hydrogen (secondary N) is 1. The number of carboxylic acids is 1. The van der Waals surface area contributed by atoms with Crippen molar-refractivity contribution in [2.45, 2.75) is 79.8 Å². The van der Waals surface area contributed by atoms with E-state index in [4.69, 9.17) is 6.17 Å². The number of aromatic nitrogens is 1. The zero-order valence-corrected chi connectivity index (χ0v) is 18.5. The fourth-order valence-electron chi connectivity index (χ4n) is 4.66. The number of aliphatic carboxylic acids is 1. The average Bonchev–Trinajstić information content (AvgIpc) is 2.93. The normalized spacial score (nSPS) is 23.5. The summed E-state index contributed by atoms with van der Waals surface area (Å²) in [5, 5.41) is 5.39. The summed E-state index contributed by atoms with van der Waals surface area (Å²) in [4.78, 5) is 13.8. The van der Waals surface area contributed by atoms with Gasteiger partial charge in [-0.3, -0.25) is 4.79 Å². The van der Waals surface area contributed by atoms with Crippen LogP contribution in [-0.2, 0) is 21.6 Å². The van der Waals surface area contributed by atoms with Gasteiger partial charge < -0.3 is 14.8 Å². The molecule has 1 aromatic heterocycles. The average molecular weight is 388 g/mol. The fourth-order valence-corrected chi connectivity index (χ4v) is 4.66. The van der Waals surface area contributed by atoms with Gasteiger partial charge in [0.2, 0.25) is 0 Å². The molecule has 2 aromatic rings. The number of H-pyrrole nitrogens is 1. The van der Waals surface area contributed by atoms with Gasteiger partial charge in [-0.2, -0.15) is 0 Å². The van der Waals surface area contributed by atoms with Gasteiger partial charge in [-0.05, 0) is 59.9 Å². The number of aromatic amines is 1. The molecule has 4 nitrogen and oxygen atoms in total. The van der Waals surface area contributed by atoms with Crippen LogP contribution in [0.5, 0.6) is 0 Å². The Morgan fingerprint density at radius 1 is 1.46 bits per heavy atom. The summed E-state index contributed by atoms with van der Waals surface area (Å²) >= 11 is 0. The van der Waals surface area contributed by atoms with Gasteiger partial charge in [-0.15, -0.1) is 0 Å². The molecule has 0 spiro atoms. The summed E-state index contributed by atoms with van der Waals surface area (Å²) in [5.41, 5.74) is 4.86. The summed E-state index contributed by atoms with van der Waals surface area (Å²) in [5.74, 6) is -0.0870. The zero-order chi connectivity index (χ0) is 22.6. The summed E-state index contributed by atoms with van der Waals surface area (Å²) in [6.45, 7) is 17.3. The lowest BCUT2D eigenvalue weighted by atomic mass is 9.69. The van der Waals surface area contributed by atoms with Crippen LogP contribution in [0.1, 0.15) is 81.8 Å². The van der Waals surface area contributed by atoms with E-state index in [0.717, 1.165) is 28.6 Å². The first-order valence-electron chi connectivity index (χ1n) is 11.2. The molecular weight excluding hydrogens is 350 g/mol. The third kappa shape index (κ3) is 3.16. The van der Waals surface area contributed by atoms with E-state index in [1.54, 1.807) is 0 Å². The molecule has 0 fully saturated rings. The van der Waals surface area contributed by atoms with E-state index in [2.05, 4.69) is 45.8 Å². The van der Waals surface area contributed by atoms with E-state index in [-0.39, 0.29) is 12.3 Å². The topological polar surface area (TPSA) is 62.3 Å². The van der Waals surface area contributed by atoms with Gasteiger partial charge in [0.25, 0.3) is 1.43 Å². The fraction of sp³-hybridized carbons (Fsp3) is 0.625. The van der Waals surface area contributed by atoms with Gasteiger partial charge in [-0.25, -0.2) is 0 Å². The third-order valence-corrected chi connectivity index (χ3v) is 6.39. The molecule has 4 heteroatoms. The first-order chi connectivity index (χ1) is 13.9. The van der Waals surface area contributed by atoms with E-state index in [1.165, 1.54) is 21.7 Å². The Hall–Kier alpha value is -1.81. The van der Waals surface area contributed by atoms with Crippen LogP contribution in [0, 0.1) is 25.2 Å². The number of benzene rings is 1. The maximum atomic E-state index is 12.3. The van der Waals surface area contributed by atoms with Crippen molar-refractivity contribution < 1.29 is 16.1 Å². The second kappa shape index (κ2) is 6.91. The van der Waals surface area contributed by atoms with Crippen LogP contribution in [0.2, 0.25) is 1.41 Å². The molecule has 154 valence electrons. The van der Waals surface area contributed by atoms with Crippen molar-refractivity contribution in [1.82, 2.24) is 4.98 Å². The molecule has 0 aliphatic carbocycles. The van der Waals surface area contributed by atoms with Crippen molar-refractivity contribution in [2.75, 3.05) is 6.61 Å². The predicted molar refractivity (Wildman–Crippen MR) is 114 cm³/mol. The molecule has 1 aliphatic rings. The Morgan fingerprint density at radius 2 is 2.14 bits per heavy atom. The van der Waals surface area contributed by atoms with Crippen LogP contribution in [0.3, 0.4) is 0 Å². The van der Waals surface area contributed by atoms with Gasteiger partial charge in [-0.1, -0.05) is 41.5 Å². The number of ether oxygens (including phenoxy) is 1. The molecule has 3 rings (SSSR count). The molecule has 0 amide bonds. The minimum Gasteiger partial charge on any atom is -0.481 e. The third-order valence-electron chi connectivity index (χ3n) is 6.39. The highest BCUT2D eigenvalue weighted by Gasteiger charge is 2.52. The van der Waals surface area contributed by atoms with Crippen molar-refractivity contribution in [3.63, 3.8) is 0 Å². The summed E-state index contributed by atoms with van der Waals surface area (Å²) in [7, 11) is 0. The molecule has 1 aromatic carbocycles. The lowest BCUT2D eigenvalue weighted by Gasteiger charge is -2.47. The predicted octanol–water partition coefficient (Wildman–Crippen LogP) is 5.83. The van der Waals surface area contributed by atoms with Crippen LogP contribution in [-0.4, -0.2) is 22.7 Å². The van der Waals surface area contributed by atoms with E-state index >= 15 is 0 Å². The van der Waals surface area contributed by atoms with Crippen LogP contribution in [0.4, 0.5) is 0 Å². The minimum absolute atomic E-state index is 0.0909. The van der Waals surface area contributed by atoms with Crippen molar-refractivity contribution in [2.24, 2.45) is 11.3 Å². The molecule has 2 N–H and O–H groups in total. The standard InChI is InChI=1S/C24H35NO3/c1-13(2)9-17-16(5)14(3)10-18-20-15(4)12-28-24(11-19(26)27,23(6,7)8)22(20)25-21(17)18/h10,13,15,25H,9,11-12H2,1-8H3,(H,26,27)/t15?,24-/m1/s1/i/hD2. The molecule has 28 heavy (non-hydrogen) atoms. The second-order valence-electron chi connectivity index (χ2n) is 10.0. The molecule has 2 atom stereocenters. The van der Waals surface area contributed by atoms with Crippen LogP contribution < -0.4 is 0 Å². The van der Waals surface area contributed by atoms with E-state index in [1.807, 2.05) is 20.8 Å². The number of carbonyl (C=O) groups is 1. The SMILES string of the molecule is [2H]OC(=O)C[C@@]1(C(C)(C)C)OCC(C)c2c1n([2H])c1c(CC(C)C)c(C)c(C)cc21. The molecule has 1 unspecified atom stereocenters. The lowest BCUT2D eigenvalue weighted by molar-refractivity contribution is -0.169. The van der Waals surface area contributed by atoms with Gasteiger partial charge in [0.1, 0.15) is 5.60 Å². The smallest absolute Gasteiger partial charge is 0.306 e. The molecule has 0 saturated carbocycles. The number of hydrogen-bond acceptors (Lipinski definition) is 3. The first kappa shape index (κ1) is 18.2. The first-order valence-corrected chi connectivity index (χ1v) is 10.3. The largest absolute Gasteiger partial charge is 0.481 e. The maximum Gasteiger partial charge on any atom is 0.306 e. The van der Waals surface area contributed by atoms with Gasteiger partial charge >= 0.3 is 5.97 Å². The highest BCUT2D eigenvalue weighted by atomic mass is 16.5. The second-order valence-corrected chi connectivity index (χ2v) is 10.0. The zero-order valence-electron chi connectivity index (χ0n) is 20.5. The van der Waals surface area contributed by atoms with Crippen LogP contribution in [0.15, 0.2) is 6.07 Å². The molecule has 0 saturated heterocycles. The van der Waals surface area contributed by atoms with Crippen molar-refractivity contribution in [3.8, 4) is 0 Å². The Kier molecular flexibility index (Phi) is 4.50. The Bertz CT molecular complexity index is 987. The van der Waals surface area contributed by atoms with Gasteiger partial charge in [0.15, 0.2) is 1.41 Å². The summed E-state index contributed by atoms with van der Waals surface area (Å²) < 4.78 is 22.7. The summed E-state index contributed by atoms with van der Waals surface area (Å²) in [6.07, 6.45) is 0.796. The molecule has 0 radical (unpaired) electrons. The monoisotopic (exact) mass is 387 g/mol. The Labute approximate surface area is 171 Å². The van der Waals surface area contributed by atoms with Crippen molar-refractivity contribution in [3.05, 3.63) is 34.0 Å². The molecular formula is C24H35NO3. The number of hydrogen-bond donors (Lipinski definition) is 2. The summed E-state index contributed by atoms with van der Waals surface area (Å²) in [6, 6.07) is 2.19. The van der Waals surface area contributed by atoms with Crippen molar-refractivity contribution >= 4 is 16.9 Å². The minimum atomic E-state index is -1.04. The van der Waals surface area contributed by atoms with Gasteiger partial charge in [0, 0.05) is 16.8 Å². The molecule has 1 aliphatic heterocycles. The number of carboxylic acid groups (broad SMARTS) is 1. The lowest BCUT2D eigenvalue weighted by Crippen LogP contribution is -2.48.